The molecule has 0 saturated carbocycles. The van der Waals surface area contributed by atoms with Crippen molar-refractivity contribution in [3.63, 3.8) is 0 Å². The van der Waals surface area contributed by atoms with Crippen molar-refractivity contribution in [3.8, 4) is 11.3 Å². The van der Waals surface area contributed by atoms with Crippen LogP contribution in [-0.2, 0) is 13.6 Å². The Morgan fingerprint density at radius 1 is 1.06 bits per heavy atom. The first kappa shape index (κ1) is 21.2. The van der Waals surface area contributed by atoms with Crippen LogP contribution in [0.5, 0.6) is 0 Å². The first-order valence-corrected chi connectivity index (χ1v) is 11.1. The zero-order valence-electron chi connectivity index (χ0n) is 18.5. The number of rotatable bonds is 5. The zero-order chi connectivity index (χ0) is 22.8. The second-order valence-corrected chi connectivity index (χ2v) is 8.39. The third-order valence-corrected chi connectivity index (χ3v) is 6.08. The molecule has 4 aromatic rings. The number of nitrogens with one attached hydrogen (secondary N) is 1. The van der Waals surface area contributed by atoms with Crippen LogP contribution in [-0.4, -0.2) is 43.6 Å². The minimum Gasteiger partial charge on any atom is -0.307 e. The van der Waals surface area contributed by atoms with Gasteiger partial charge in [-0.15, -0.1) is 0 Å². The van der Waals surface area contributed by atoms with Gasteiger partial charge >= 0.3 is 0 Å². The Hall–Kier alpha value is -3.65. The Balaban J connectivity index is 1.41. The average Bonchev–Trinajstić information content (AvgIpc) is 3.19. The SMILES string of the molecule is Cn1ncc(-c2ccc3cnc(NC(=O)c4ccc(F)cc4)cc3n2)c1CN1CCCCC1. The predicted octanol–water partition coefficient (Wildman–Crippen LogP) is 4.41. The molecule has 8 heteroatoms. The molecule has 1 saturated heterocycles. The summed E-state index contributed by atoms with van der Waals surface area (Å²) >= 11 is 0. The molecule has 0 spiro atoms. The van der Waals surface area contributed by atoms with Crippen LogP contribution in [0.4, 0.5) is 10.2 Å². The molecule has 0 bridgehead atoms. The van der Waals surface area contributed by atoms with Crippen LogP contribution in [0.25, 0.3) is 22.2 Å². The monoisotopic (exact) mass is 444 g/mol. The fourth-order valence-corrected chi connectivity index (χ4v) is 4.22. The van der Waals surface area contributed by atoms with Gasteiger partial charge in [-0.25, -0.2) is 14.4 Å². The van der Waals surface area contributed by atoms with Gasteiger partial charge in [0.1, 0.15) is 11.6 Å². The van der Waals surface area contributed by atoms with Crippen molar-refractivity contribution in [2.45, 2.75) is 25.8 Å². The first-order valence-electron chi connectivity index (χ1n) is 11.1. The van der Waals surface area contributed by atoms with Gasteiger partial charge in [0.15, 0.2) is 0 Å². The van der Waals surface area contributed by atoms with Gasteiger partial charge in [0.25, 0.3) is 5.91 Å². The number of aromatic nitrogens is 4. The molecule has 5 rings (SSSR count). The number of carbonyl (C=O) groups is 1. The van der Waals surface area contributed by atoms with Crippen LogP contribution >= 0.6 is 0 Å². The lowest BCUT2D eigenvalue weighted by atomic mass is 10.1. The van der Waals surface area contributed by atoms with Gasteiger partial charge in [-0.1, -0.05) is 6.42 Å². The van der Waals surface area contributed by atoms with Gasteiger partial charge in [-0.05, 0) is 62.3 Å². The van der Waals surface area contributed by atoms with Crippen molar-refractivity contribution >= 4 is 22.6 Å². The van der Waals surface area contributed by atoms with Crippen molar-refractivity contribution < 1.29 is 9.18 Å². The summed E-state index contributed by atoms with van der Waals surface area (Å²) in [6.07, 6.45) is 7.33. The predicted molar refractivity (Wildman–Crippen MR) is 125 cm³/mol. The first-order chi connectivity index (χ1) is 16.1. The van der Waals surface area contributed by atoms with Crippen molar-refractivity contribution in [1.82, 2.24) is 24.6 Å². The summed E-state index contributed by atoms with van der Waals surface area (Å²) < 4.78 is 15.1. The summed E-state index contributed by atoms with van der Waals surface area (Å²) in [5, 5.41) is 8.13. The minimum atomic E-state index is -0.387. The molecule has 0 aliphatic carbocycles. The summed E-state index contributed by atoms with van der Waals surface area (Å²) in [6, 6.07) is 11.1. The molecule has 7 nitrogen and oxygen atoms in total. The molecule has 1 N–H and O–H groups in total. The number of pyridine rings is 2. The molecule has 0 radical (unpaired) electrons. The maximum atomic E-state index is 13.1. The lowest BCUT2D eigenvalue weighted by Gasteiger charge is -2.26. The number of hydrogen-bond donors (Lipinski definition) is 1. The molecule has 1 aliphatic heterocycles. The van der Waals surface area contributed by atoms with E-state index in [-0.39, 0.29) is 11.7 Å². The Kier molecular flexibility index (Phi) is 5.83. The number of halogens is 1. The summed E-state index contributed by atoms with van der Waals surface area (Å²) in [5.41, 5.74) is 4.08. The normalized spacial score (nSPS) is 14.5. The van der Waals surface area contributed by atoms with Gasteiger partial charge in [-0.3, -0.25) is 14.4 Å². The average molecular weight is 445 g/mol. The summed E-state index contributed by atoms with van der Waals surface area (Å²) in [4.78, 5) is 24.1. The van der Waals surface area contributed by atoms with Gasteiger partial charge in [-0.2, -0.15) is 5.10 Å². The topological polar surface area (TPSA) is 75.9 Å². The van der Waals surface area contributed by atoms with Crippen LogP contribution in [0.3, 0.4) is 0 Å². The van der Waals surface area contributed by atoms with E-state index in [4.69, 9.17) is 4.98 Å². The molecule has 168 valence electrons. The number of carbonyl (C=O) groups excluding carboxylic acids is 1. The third-order valence-electron chi connectivity index (χ3n) is 6.08. The van der Waals surface area contributed by atoms with E-state index in [0.29, 0.717) is 11.4 Å². The molecular weight excluding hydrogens is 419 g/mol. The Bertz CT molecular complexity index is 1290. The maximum absolute atomic E-state index is 13.1. The van der Waals surface area contributed by atoms with Crippen molar-refractivity contribution in [3.05, 3.63) is 71.9 Å². The van der Waals surface area contributed by atoms with Gasteiger partial charge in [0, 0.05) is 42.4 Å². The van der Waals surface area contributed by atoms with E-state index in [1.165, 1.54) is 43.5 Å². The number of aryl methyl sites for hydroxylation is 1. The van der Waals surface area contributed by atoms with Crippen LogP contribution in [0, 0.1) is 5.82 Å². The van der Waals surface area contributed by atoms with Crippen LogP contribution in [0.1, 0.15) is 35.3 Å². The molecule has 0 unspecified atom stereocenters. The summed E-state index contributed by atoms with van der Waals surface area (Å²) in [6.45, 7) is 3.07. The van der Waals surface area contributed by atoms with E-state index in [1.807, 2.05) is 30.1 Å². The number of nitrogens with zero attached hydrogens (tertiary/aromatic N) is 5. The summed E-state index contributed by atoms with van der Waals surface area (Å²) in [5.74, 6) is -0.350. The third kappa shape index (κ3) is 4.61. The smallest absolute Gasteiger partial charge is 0.256 e. The highest BCUT2D eigenvalue weighted by molar-refractivity contribution is 6.04. The van der Waals surface area contributed by atoms with Gasteiger partial charge in [0.05, 0.1) is 23.1 Å². The summed E-state index contributed by atoms with van der Waals surface area (Å²) in [7, 11) is 1.97. The molecule has 4 heterocycles. The fourth-order valence-electron chi connectivity index (χ4n) is 4.22. The van der Waals surface area contributed by atoms with E-state index in [2.05, 4.69) is 20.3 Å². The second-order valence-electron chi connectivity index (χ2n) is 8.39. The van der Waals surface area contributed by atoms with E-state index in [1.54, 1.807) is 12.3 Å². The molecule has 1 amide bonds. The van der Waals surface area contributed by atoms with Crippen LogP contribution in [0.2, 0.25) is 0 Å². The number of amides is 1. The van der Waals surface area contributed by atoms with Crippen LogP contribution in [0.15, 0.2) is 54.9 Å². The van der Waals surface area contributed by atoms with E-state index in [0.717, 1.165) is 47.5 Å². The zero-order valence-corrected chi connectivity index (χ0v) is 18.5. The molecule has 1 aliphatic rings. The number of piperidine rings is 1. The minimum absolute atomic E-state index is 0.353. The van der Waals surface area contributed by atoms with E-state index in [9.17, 15) is 9.18 Å². The van der Waals surface area contributed by atoms with Gasteiger partial charge < -0.3 is 5.32 Å². The number of fused-ring (bicyclic) bond motifs is 1. The lowest BCUT2D eigenvalue weighted by Crippen LogP contribution is -2.30. The standard InChI is InChI=1S/C25H25FN6O/c1-31-23(16-32-11-3-2-4-12-32)20(15-28-31)21-10-7-18-14-27-24(13-22(18)29-21)30-25(33)17-5-8-19(26)9-6-17/h5-10,13-15H,2-4,11-12,16H2,1H3,(H,27,30,33). The largest absolute Gasteiger partial charge is 0.307 e. The maximum Gasteiger partial charge on any atom is 0.256 e. The fraction of sp³-hybridized carbons (Fsp3) is 0.280. The highest BCUT2D eigenvalue weighted by Gasteiger charge is 2.18. The Labute approximate surface area is 191 Å². The van der Waals surface area contributed by atoms with Crippen molar-refractivity contribution in [2.75, 3.05) is 18.4 Å². The second kappa shape index (κ2) is 9.07. The lowest BCUT2D eigenvalue weighted by molar-refractivity contribution is 0.102. The van der Waals surface area contributed by atoms with E-state index < -0.39 is 0 Å². The molecule has 1 fully saturated rings. The van der Waals surface area contributed by atoms with Crippen molar-refractivity contribution in [1.29, 1.82) is 0 Å². The molecule has 1 aromatic carbocycles. The van der Waals surface area contributed by atoms with E-state index >= 15 is 0 Å². The number of anilines is 1. The number of likely N-dealkylation sites (tertiary alicyclic amines) is 1. The number of hydrogen-bond acceptors (Lipinski definition) is 5. The van der Waals surface area contributed by atoms with Crippen LogP contribution < -0.4 is 5.32 Å². The Morgan fingerprint density at radius 2 is 1.85 bits per heavy atom. The highest BCUT2D eigenvalue weighted by Crippen LogP contribution is 2.26. The molecule has 0 atom stereocenters. The Morgan fingerprint density at radius 3 is 2.64 bits per heavy atom. The quantitative estimate of drug-likeness (QED) is 0.494. The number of benzene rings is 1. The van der Waals surface area contributed by atoms with Gasteiger partial charge in [0.2, 0.25) is 0 Å². The highest BCUT2D eigenvalue weighted by atomic mass is 19.1. The molecular formula is C25H25FN6O. The molecule has 33 heavy (non-hydrogen) atoms. The van der Waals surface area contributed by atoms with Crippen molar-refractivity contribution in [2.24, 2.45) is 7.05 Å². The molecule has 3 aromatic heterocycles.